The number of hydrogen-bond donors (Lipinski definition) is 1. The summed E-state index contributed by atoms with van der Waals surface area (Å²) in [5.74, 6) is 0. The molecule has 1 atom stereocenters. The third kappa shape index (κ3) is 3.70. The van der Waals surface area contributed by atoms with Gasteiger partial charge in [0.05, 0.1) is 5.52 Å². The molecule has 4 nitrogen and oxygen atoms in total. The normalized spacial score (nSPS) is 19.8. The van der Waals surface area contributed by atoms with E-state index >= 15 is 0 Å². The van der Waals surface area contributed by atoms with E-state index in [9.17, 15) is 4.79 Å². The fourth-order valence-corrected chi connectivity index (χ4v) is 3.90. The molecule has 4 heteroatoms. The smallest absolute Gasteiger partial charge is 0.252 e. The van der Waals surface area contributed by atoms with Gasteiger partial charge in [-0.25, -0.2) is 0 Å². The maximum Gasteiger partial charge on any atom is 0.252 e. The number of aromatic nitrogens is 1. The summed E-state index contributed by atoms with van der Waals surface area (Å²) in [5.41, 5.74) is 4.29. The SMILES string of the molecule is Cc1cc(C)c2[nH]c(=O)c(CN3CCC[C@@H](N(C)C)CC3)cc2c1. The number of hydrogen-bond acceptors (Lipinski definition) is 3. The van der Waals surface area contributed by atoms with Crippen LogP contribution in [0.2, 0.25) is 0 Å². The molecular weight excluding hydrogens is 298 g/mol. The highest BCUT2D eigenvalue weighted by Crippen LogP contribution is 2.20. The van der Waals surface area contributed by atoms with Crippen molar-refractivity contribution in [3.05, 3.63) is 45.2 Å². The summed E-state index contributed by atoms with van der Waals surface area (Å²) in [7, 11) is 4.33. The molecule has 1 fully saturated rings. The van der Waals surface area contributed by atoms with Gasteiger partial charge in [0.25, 0.3) is 5.56 Å². The second-order valence-corrected chi connectivity index (χ2v) is 7.49. The Morgan fingerprint density at radius 3 is 2.71 bits per heavy atom. The molecule has 0 spiro atoms. The Morgan fingerprint density at radius 2 is 1.96 bits per heavy atom. The predicted octanol–water partition coefficient (Wildman–Crippen LogP) is 3.06. The Balaban J connectivity index is 1.82. The number of aromatic amines is 1. The number of likely N-dealkylation sites (tertiary alicyclic amines) is 1. The molecule has 1 aromatic heterocycles. The van der Waals surface area contributed by atoms with Gasteiger partial charge in [0.2, 0.25) is 0 Å². The molecule has 1 saturated heterocycles. The van der Waals surface area contributed by atoms with Crippen molar-refractivity contribution in [1.29, 1.82) is 0 Å². The lowest BCUT2D eigenvalue weighted by Gasteiger charge is -2.23. The van der Waals surface area contributed by atoms with E-state index in [0.29, 0.717) is 6.04 Å². The van der Waals surface area contributed by atoms with Crippen molar-refractivity contribution >= 4 is 10.9 Å². The number of fused-ring (bicyclic) bond motifs is 1. The maximum atomic E-state index is 12.5. The third-order valence-electron chi connectivity index (χ3n) is 5.28. The molecule has 0 saturated carbocycles. The largest absolute Gasteiger partial charge is 0.321 e. The first-order valence-electron chi connectivity index (χ1n) is 8.96. The molecule has 0 unspecified atom stereocenters. The molecule has 1 N–H and O–H groups in total. The summed E-state index contributed by atoms with van der Waals surface area (Å²) in [5, 5.41) is 1.14. The fraction of sp³-hybridized carbons (Fsp3) is 0.550. The third-order valence-corrected chi connectivity index (χ3v) is 5.28. The summed E-state index contributed by atoms with van der Waals surface area (Å²) >= 11 is 0. The number of benzene rings is 1. The number of nitrogens with zero attached hydrogens (tertiary/aromatic N) is 2. The molecule has 130 valence electrons. The van der Waals surface area contributed by atoms with Crippen molar-refractivity contribution in [3.63, 3.8) is 0 Å². The number of aryl methyl sites for hydroxylation is 2. The Morgan fingerprint density at radius 1 is 1.17 bits per heavy atom. The summed E-state index contributed by atoms with van der Waals surface area (Å²) < 4.78 is 0. The zero-order valence-electron chi connectivity index (χ0n) is 15.4. The first kappa shape index (κ1) is 17.2. The van der Waals surface area contributed by atoms with E-state index in [2.05, 4.69) is 60.9 Å². The highest BCUT2D eigenvalue weighted by atomic mass is 16.1. The first-order chi connectivity index (χ1) is 11.4. The highest BCUT2D eigenvalue weighted by Gasteiger charge is 2.19. The minimum Gasteiger partial charge on any atom is -0.321 e. The topological polar surface area (TPSA) is 39.3 Å². The number of pyridine rings is 1. The van der Waals surface area contributed by atoms with Crippen LogP contribution in [-0.4, -0.2) is 48.0 Å². The second-order valence-electron chi connectivity index (χ2n) is 7.49. The van der Waals surface area contributed by atoms with E-state index in [-0.39, 0.29) is 5.56 Å². The number of rotatable bonds is 3. The van der Waals surface area contributed by atoms with E-state index in [4.69, 9.17) is 0 Å². The number of nitrogens with one attached hydrogen (secondary N) is 1. The van der Waals surface area contributed by atoms with Gasteiger partial charge in [-0.1, -0.05) is 11.6 Å². The summed E-state index contributed by atoms with van der Waals surface area (Å²) in [6.45, 7) is 7.05. The van der Waals surface area contributed by atoms with Crippen LogP contribution in [0.15, 0.2) is 23.0 Å². The van der Waals surface area contributed by atoms with Gasteiger partial charge < -0.3 is 9.88 Å². The van der Waals surface area contributed by atoms with Crippen LogP contribution in [0.4, 0.5) is 0 Å². The Hall–Kier alpha value is -1.65. The number of H-pyrrole nitrogens is 1. The zero-order valence-corrected chi connectivity index (χ0v) is 15.4. The monoisotopic (exact) mass is 327 g/mol. The zero-order chi connectivity index (χ0) is 17.3. The minimum atomic E-state index is 0.0582. The van der Waals surface area contributed by atoms with Crippen LogP contribution in [-0.2, 0) is 6.54 Å². The van der Waals surface area contributed by atoms with E-state index in [1.54, 1.807) is 0 Å². The van der Waals surface area contributed by atoms with Crippen LogP contribution in [0.3, 0.4) is 0 Å². The van der Waals surface area contributed by atoms with Crippen molar-refractivity contribution in [2.24, 2.45) is 0 Å². The molecule has 0 radical (unpaired) electrons. The molecule has 24 heavy (non-hydrogen) atoms. The van der Waals surface area contributed by atoms with Gasteiger partial charge in [-0.2, -0.15) is 0 Å². The molecule has 2 aromatic rings. The minimum absolute atomic E-state index is 0.0582. The average Bonchev–Trinajstić information content (AvgIpc) is 2.74. The van der Waals surface area contributed by atoms with Gasteiger partial charge in [-0.15, -0.1) is 0 Å². The van der Waals surface area contributed by atoms with E-state index in [1.165, 1.54) is 24.8 Å². The fourth-order valence-electron chi connectivity index (χ4n) is 3.90. The van der Waals surface area contributed by atoms with Crippen LogP contribution in [0.25, 0.3) is 10.9 Å². The van der Waals surface area contributed by atoms with Crippen molar-refractivity contribution in [1.82, 2.24) is 14.8 Å². The van der Waals surface area contributed by atoms with Gasteiger partial charge in [-0.3, -0.25) is 9.69 Å². The lowest BCUT2D eigenvalue weighted by Crippen LogP contribution is -2.31. The van der Waals surface area contributed by atoms with Crippen LogP contribution in [0.5, 0.6) is 0 Å². The van der Waals surface area contributed by atoms with Gasteiger partial charge >= 0.3 is 0 Å². The molecule has 2 heterocycles. The van der Waals surface area contributed by atoms with E-state index < -0.39 is 0 Å². The summed E-state index contributed by atoms with van der Waals surface area (Å²) in [4.78, 5) is 20.4. The summed E-state index contributed by atoms with van der Waals surface area (Å²) in [6, 6.07) is 7.03. The molecule has 3 rings (SSSR count). The summed E-state index contributed by atoms with van der Waals surface area (Å²) in [6.07, 6.45) is 3.62. The van der Waals surface area contributed by atoms with Crippen LogP contribution >= 0.6 is 0 Å². The molecule has 0 aliphatic carbocycles. The van der Waals surface area contributed by atoms with Crippen molar-refractivity contribution in [2.45, 2.75) is 45.7 Å². The van der Waals surface area contributed by atoms with Gasteiger partial charge in [0, 0.05) is 18.2 Å². The molecule has 0 bridgehead atoms. The molecule has 1 aliphatic rings. The highest BCUT2D eigenvalue weighted by molar-refractivity contribution is 5.82. The van der Waals surface area contributed by atoms with Gasteiger partial charge in [0.15, 0.2) is 0 Å². The lowest BCUT2D eigenvalue weighted by molar-refractivity contribution is 0.245. The van der Waals surface area contributed by atoms with Crippen molar-refractivity contribution < 1.29 is 0 Å². The van der Waals surface area contributed by atoms with E-state index in [0.717, 1.165) is 41.7 Å². The quantitative estimate of drug-likeness (QED) is 0.942. The maximum absolute atomic E-state index is 12.5. The Bertz CT molecular complexity index is 778. The van der Waals surface area contributed by atoms with Crippen molar-refractivity contribution in [2.75, 3.05) is 27.2 Å². The van der Waals surface area contributed by atoms with Crippen LogP contribution < -0.4 is 5.56 Å². The molecule has 1 aliphatic heterocycles. The van der Waals surface area contributed by atoms with Crippen LogP contribution in [0, 0.1) is 13.8 Å². The Labute approximate surface area is 144 Å². The van der Waals surface area contributed by atoms with E-state index in [1.807, 2.05) is 0 Å². The van der Waals surface area contributed by atoms with Gasteiger partial charge in [0.1, 0.15) is 0 Å². The average molecular weight is 327 g/mol. The first-order valence-corrected chi connectivity index (χ1v) is 8.96. The Kier molecular flexibility index (Phi) is 5.07. The lowest BCUT2D eigenvalue weighted by atomic mass is 10.1. The molecular formula is C20H29N3O. The van der Waals surface area contributed by atoms with Gasteiger partial charge in [-0.05, 0) is 83.4 Å². The predicted molar refractivity (Wildman–Crippen MR) is 101 cm³/mol. The standard InChI is InChI=1S/C20H29N3O/c1-14-10-15(2)19-16(11-14)12-17(20(24)21-19)13-23-8-5-6-18(7-9-23)22(3)4/h10-12,18H,5-9,13H2,1-4H3,(H,21,24)/t18-/m1/s1. The van der Waals surface area contributed by atoms with Crippen molar-refractivity contribution in [3.8, 4) is 0 Å². The molecule has 1 aromatic carbocycles. The second kappa shape index (κ2) is 7.08. The van der Waals surface area contributed by atoms with Crippen LogP contribution in [0.1, 0.15) is 36.0 Å². The molecule has 0 amide bonds.